The van der Waals surface area contributed by atoms with Crippen LogP contribution >= 0.6 is 11.6 Å². The van der Waals surface area contributed by atoms with Crippen LogP contribution in [0.2, 0.25) is 5.02 Å². The van der Waals surface area contributed by atoms with Crippen molar-refractivity contribution in [3.63, 3.8) is 0 Å². The van der Waals surface area contributed by atoms with E-state index in [0.717, 1.165) is 0 Å². The molecule has 0 spiro atoms. The van der Waals surface area contributed by atoms with Crippen molar-refractivity contribution < 1.29 is 48.1 Å². The van der Waals surface area contributed by atoms with E-state index in [1.807, 2.05) is 0 Å². The molecule has 0 bridgehead atoms. The van der Waals surface area contributed by atoms with Gasteiger partial charge in [0.25, 0.3) is 0 Å². The first kappa shape index (κ1) is 14.5. The van der Waals surface area contributed by atoms with E-state index >= 15 is 0 Å². The summed E-state index contributed by atoms with van der Waals surface area (Å²) in [4.78, 5) is 10.4. The first-order valence-corrected chi connectivity index (χ1v) is 3.72. The zero-order valence-electron chi connectivity index (χ0n) is 6.93. The maximum atomic E-state index is 13.0. The highest BCUT2D eigenvalue weighted by Gasteiger charge is 2.21. The Morgan fingerprint density at radius 1 is 1.47 bits per heavy atom. The minimum absolute atomic E-state index is 0. The Morgan fingerprint density at radius 3 is 2.40 bits per heavy atom. The molecule has 0 unspecified atom stereocenters. The lowest BCUT2D eigenvalue weighted by Gasteiger charge is -2.06. The van der Waals surface area contributed by atoms with Crippen molar-refractivity contribution in [1.29, 1.82) is 0 Å². The summed E-state index contributed by atoms with van der Waals surface area (Å²) in [5.41, 5.74) is -1.36. The maximum absolute atomic E-state index is 13.0. The van der Waals surface area contributed by atoms with Crippen molar-refractivity contribution in [3.8, 4) is 0 Å². The zero-order valence-corrected chi connectivity index (χ0v) is 9.84. The number of hydrogen-bond acceptors (Lipinski definition) is 2. The number of nitrogens with two attached hydrogens (primary N) is 1. The molecule has 1 aromatic carbocycles. The van der Waals surface area contributed by atoms with Crippen LogP contribution in [0.3, 0.4) is 0 Å². The number of rotatable bonds is 2. The molecule has 0 aliphatic rings. The van der Waals surface area contributed by atoms with E-state index in [1.165, 1.54) is 0 Å². The SMILES string of the molecule is O=C(O)c1cc([NH2+][O-])c(F)c(Cl)c1F.[I-]. The molecular weight excluding hydrogens is 346 g/mol. The highest BCUT2D eigenvalue weighted by Crippen LogP contribution is 2.26. The van der Waals surface area contributed by atoms with E-state index in [9.17, 15) is 18.8 Å². The van der Waals surface area contributed by atoms with Crippen LogP contribution < -0.4 is 29.5 Å². The molecule has 0 aliphatic heterocycles. The van der Waals surface area contributed by atoms with Crippen molar-refractivity contribution >= 4 is 23.3 Å². The molecule has 1 rings (SSSR count). The van der Waals surface area contributed by atoms with Gasteiger partial charge in [0.15, 0.2) is 11.5 Å². The number of carboxylic acid groups (broad SMARTS) is 1. The third kappa shape index (κ3) is 2.74. The normalized spacial score (nSPS) is 9.60. The van der Waals surface area contributed by atoms with Crippen LogP contribution in [0.1, 0.15) is 10.4 Å². The summed E-state index contributed by atoms with van der Waals surface area (Å²) in [6, 6.07) is 0.589. The number of carboxylic acids is 1. The van der Waals surface area contributed by atoms with Crippen molar-refractivity contribution in [1.82, 2.24) is 0 Å². The minimum atomic E-state index is -1.62. The lowest BCUT2D eigenvalue weighted by atomic mass is 10.2. The van der Waals surface area contributed by atoms with Crippen LogP contribution in [0, 0.1) is 16.8 Å². The number of halogens is 4. The summed E-state index contributed by atoms with van der Waals surface area (Å²) in [5, 5.41) is 17.7. The molecule has 0 amide bonds. The second-order valence-electron chi connectivity index (χ2n) is 2.38. The Morgan fingerprint density at radius 2 is 2.00 bits per heavy atom. The van der Waals surface area contributed by atoms with E-state index in [1.54, 1.807) is 0 Å². The topological polar surface area (TPSA) is 77.0 Å². The molecule has 0 heterocycles. The Labute approximate surface area is 105 Å². The Kier molecular flexibility index (Phi) is 5.35. The number of hydrogen-bond donors (Lipinski definition) is 2. The fraction of sp³-hybridized carbons (Fsp3) is 0. The molecule has 0 atom stereocenters. The lowest BCUT2D eigenvalue weighted by Crippen LogP contribution is -3.00. The molecular formula is C7H4ClF2INO3-. The Hall–Kier alpha value is -0.510. The van der Waals surface area contributed by atoms with Crippen LogP contribution in [-0.4, -0.2) is 11.1 Å². The fourth-order valence-corrected chi connectivity index (χ4v) is 1.08. The van der Waals surface area contributed by atoms with Gasteiger partial charge in [-0.1, -0.05) is 11.6 Å². The molecule has 84 valence electrons. The number of benzene rings is 1. The largest absolute Gasteiger partial charge is 1.00 e. The molecule has 4 nitrogen and oxygen atoms in total. The summed E-state index contributed by atoms with van der Waals surface area (Å²) in [5.74, 6) is -4.26. The van der Waals surface area contributed by atoms with Crippen molar-refractivity contribution in [3.05, 3.63) is 33.5 Å². The van der Waals surface area contributed by atoms with Crippen molar-refractivity contribution in [2.75, 3.05) is 0 Å². The van der Waals surface area contributed by atoms with E-state index in [2.05, 4.69) is 0 Å². The van der Waals surface area contributed by atoms with Gasteiger partial charge in [-0.3, -0.25) is 0 Å². The van der Waals surface area contributed by atoms with E-state index in [4.69, 9.17) is 16.7 Å². The quantitative estimate of drug-likeness (QED) is 0.281. The summed E-state index contributed by atoms with van der Waals surface area (Å²) >= 11 is 5.14. The average Bonchev–Trinajstić information content (AvgIpc) is 2.14. The predicted octanol–water partition coefficient (Wildman–Crippen LogP) is -1.99. The fourth-order valence-electron chi connectivity index (χ4n) is 0.865. The van der Waals surface area contributed by atoms with Crippen LogP contribution in [0.15, 0.2) is 6.07 Å². The molecule has 0 radical (unpaired) electrons. The van der Waals surface area contributed by atoms with Gasteiger partial charge in [-0.15, -0.1) is 0 Å². The van der Waals surface area contributed by atoms with Gasteiger partial charge >= 0.3 is 5.97 Å². The van der Waals surface area contributed by atoms with Gasteiger partial charge < -0.3 is 39.8 Å². The number of aromatic carboxylic acids is 1. The molecule has 0 aliphatic carbocycles. The van der Waals surface area contributed by atoms with Gasteiger partial charge in [0.05, 0.1) is 0 Å². The van der Waals surface area contributed by atoms with E-state index in [-0.39, 0.29) is 29.5 Å². The summed E-state index contributed by atoms with van der Waals surface area (Å²) in [7, 11) is 0. The smallest absolute Gasteiger partial charge is 0.338 e. The zero-order chi connectivity index (χ0) is 10.9. The molecule has 1 aromatic rings. The van der Waals surface area contributed by atoms with E-state index < -0.39 is 33.9 Å². The van der Waals surface area contributed by atoms with Crippen molar-refractivity contribution in [2.24, 2.45) is 0 Å². The second-order valence-corrected chi connectivity index (χ2v) is 2.76. The van der Waals surface area contributed by atoms with Crippen molar-refractivity contribution in [2.45, 2.75) is 0 Å². The van der Waals surface area contributed by atoms with Gasteiger partial charge in [0.1, 0.15) is 10.6 Å². The monoisotopic (exact) mass is 350 g/mol. The third-order valence-electron chi connectivity index (χ3n) is 1.53. The Balaban J connectivity index is 0.00000196. The van der Waals surface area contributed by atoms with Gasteiger partial charge in [0, 0.05) is 6.07 Å². The van der Waals surface area contributed by atoms with Crippen LogP contribution in [0.25, 0.3) is 0 Å². The number of quaternary nitrogens is 1. The average molecular weight is 350 g/mol. The molecule has 0 fully saturated rings. The van der Waals surface area contributed by atoms with Crippen LogP contribution in [-0.2, 0) is 0 Å². The van der Waals surface area contributed by atoms with E-state index in [0.29, 0.717) is 6.07 Å². The highest BCUT2D eigenvalue weighted by molar-refractivity contribution is 6.31. The lowest BCUT2D eigenvalue weighted by molar-refractivity contribution is -0.499. The van der Waals surface area contributed by atoms with Gasteiger partial charge in [-0.05, 0) is 0 Å². The minimum Gasteiger partial charge on any atom is -1.00 e. The summed E-state index contributed by atoms with van der Waals surface area (Å²) in [6.45, 7) is 0. The van der Waals surface area contributed by atoms with Gasteiger partial charge in [0.2, 0.25) is 5.82 Å². The van der Waals surface area contributed by atoms with Crippen LogP contribution in [0.4, 0.5) is 14.5 Å². The third-order valence-corrected chi connectivity index (χ3v) is 1.86. The molecule has 0 saturated carbocycles. The second kappa shape index (κ2) is 5.54. The standard InChI is InChI=1S/C7H4ClF2NO3.HI/c8-4-5(9)2(7(12)13)1-3(11-14)6(4)10;/h1H,11H2,(H,12,13);1H/p-1. The number of carbonyl (C=O) groups is 1. The molecule has 0 aromatic heterocycles. The van der Waals surface area contributed by atoms with Gasteiger partial charge in [-0.2, -0.15) is 4.39 Å². The molecule has 3 N–H and O–H groups in total. The summed E-state index contributed by atoms with van der Waals surface area (Å²) in [6.07, 6.45) is 0. The Bertz CT molecular complexity index is 402. The maximum Gasteiger partial charge on any atom is 0.338 e. The highest BCUT2D eigenvalue weighted by atomic mass is 127. The van der Waals surface area contributed by atoms with Crippen LogP contribution in [0.5, 0.6) is 0 Å². The van der Waals surface area contributed by atoms with Gasteiger partial charge in [-0.25, -0.2) is 9.18 Å². The molecule has 8 heteroatoms. The first-order chi connectivity index (χ1) is 6.49. The molecule has 0 saturated heterocycles. The molecule has 15 heavy (non-hydrogen) atoms. The first-order valence-electron chi connectivity index (χ1n) is 3.35. The predicted molar refractivity (Wildman–Crippen MR) is 43.3 cm³/mol. The summed E-state index contributed by atoms with van der Waals surface area (Å²) < 4.78 is 25.9.